The van der Waals surface area contributed by atoms with Gasteiger partial charge in [0, 0.05) is 43.6 Å². The second-order valence-electron chi connectivity index (χ2n) is 6.93. The first kappa shape index (κ1) is 17.5. The molecule has 0 aliphatic carbocycles. The Morgan fingerprint density at radius 2 is 1.85 bits per heavy atom. The molecule has 5 heteroatoms. The molecule has 0 spiro atoms. The van der Waals surface area contributed by atoms with E-state index in [2.05, 4.69) is 34.7 Å². The summed E-state index contributed by atoms with van der Waals surface area (Å²) in [5, 5.41) is 7.93. The molecule has 0 saturated carbocycles. The van der Waals surface area contributed by atoms with Gasteiger partial charge in [-0.15, -0.1) is 0 Å². The van der Waals surface area contributed by atoms with Crippen molar-refractivity contribution < 1.29 is 4.79 Å². The number of benzene rings is 2. The normalized spacial score (nSPS) is 15.0. The molecule has 1 amide bonds. The summed E-state index contributed by atoms with van der Waals surface area (Å²) in [4.78, 5) is 14.5. The smallest absolute Gasteiger partial charge is 0.253 e. The third-order valence-electron chi connectivity index (χ3n) is 5.08. The minimum atomic E-state index is 0.140. The zero-order chi connectivity index (χ0) is 18.5. The van der Waals surface area contributed by atoms with Crippen LogP contribution in [0.25, 0.3) is 5.69 Å². The summed E-state index contributed by atoms with van der Waals surface area (Å²) in [6.45, 7) is 2.43. The molecule has 1 aliphatic rings. The number of rotatable bonds is 5. The van der Waals surface area contributed by atoms with Crippen LogP contribution in [0.2, 0.25) is 0 Å². The van der Waals surface area contributed by atoms with Crippen molar-refractivity contribution in [2.24, 2.45) is 0 Å². The van der Waals surface area contributed by atoms with Gasteiger partial charge >= 0.3 is 0 Å². The summed E-state index contributed by atoms with van der Waals surface area (Å²) < 4.78 is 1.87. The van der Waals surface area contributed by atoms with Crippen LogP contribution >= 0.6 is 0 Å². The second-order valence-corrected chi connectivity index (χ2v) is 6.93. The lowest BCUT2D eigenvalue weighted by Crippen LogP contribution is -2.44. The molecule has 1 aromatic heterocycles. The van der Waals surface area contributed by atoms with Crippen LogP contribution in [0.1, 0.15) is 28.8 Å². The molecule has 138 valence electrons. The molecule has 0 radical (unpaired) electrons. The summed E-state index contributed by atoms with van der Waals surface area (Å²) in [5.74, 6) is 0.140. The van der Waals surface area contributed by atoms with E-state index in [1.165, 1.54) is 5.56 Å². The summed E-state index contributed by atoms with van der Waals surface area (Å²) >= 11 is 0. The van der Waals surface area contributed by atoms with Gasteiger partial charge in [-0.05, 0) is 48.7 Å². The van der Waals surface area contributed by atoms with Crippen molar-refractivity contribution in [2.45, 2.75) is 25.4 Å². The first-order valence-electron chi connectivity index (χ1n) is 9.46. The first-order chi connectivity index (χ1) is 13.3. The maximum atomic E-state index is 12.5. The van der Waals surface area contributed by atoms with Gasteiger partial charge in [0.2, 0.25) is 0 Å². The highest BCUT2D eigenvalue weighted by Gasteiger charge is 2.23. The van der Waals surface area contributed by atoms with Crippen LogP contribution in [0.15, 0.2) is 73.1 Å². The first-order valence-corrected chi connectivity index (χ1v) is 9.46. The van der Waals surface area contributed by atoms with Gasteiger partial charge in [0.1, 0.15) is 0 Å². The van der Waals surface area contributed by atoms with E-state index in [-0.39, 0.29) is 5.91 Å². The average Bonchev–Trinajstić information content (AvgIpc) is 3.28. The van der Waals surface area contributed by atoms with Gasteiger partial charge in [0.15, 0.2) is 0 Å². The maximum Gasteiger partial charge on any atom is 0.253 e. The van der Waals surface area contributed by atoms with Gasteiger partial charge in [0.25, 0.3) is 5.91 Å². The third-order valence-corrected chi connectivity index (χ3v) is 5.08. The van der Waals surface area contributed by atoms with Crippen LogP contribution in [-0.2, 0) is 6.54 Å². The van der Waals surface area contributed by atoms with Crippen molar-refractivity contribution in [3.63, 3.8) is 0 Å². The summed E-state index contributed by atoms with van der Waals surface area (Å²) in [7, 11) is 0. The van der Waals surface area contributed by atoms with Crippen LogP contribution in [0, 0.1) is 0 Å². The Labute approximate surface area is 159 Å². The molecule has 1 aliphatic heterocycles. The van der Waals surface area contributed by atoms with E-state index in [1.807, 2.05) is 52.2 Å². The molecule has 3 aromatic rings. The van der Waals surface area contributed by atoms with Crippen LogP contribution < -0.4 is 5.32 Å². The van der Waals surface area contributed by atoms with Crippen LogP contribution in [0.5, 0.6) is 0 Å². The van der Waals surface area contributed by atoms with E-state index in [0.29, 0.717) is 6.04 Å². The van der Waals surface area contributed by atoms with E-state index < -0.39 is 0 Å². The minimum absolute atomic E-state index is 0.140. The number of piperidine rings is 1. The van der Waals surface area contributed by atoms with Crippen molar-refractivity contribution in [1.82, 2.24) is 20.0 Å². The fraction of sp³-hybridized carbons (Fsp3) is 0.273. The highest BCUT2D eigenvalue weighted by Crippen LogP contribution is 2.15. The summed E-state index contributed by atoms with van der Waals surface area (Å²) in [6.07, 6.45) is 5.70. The highest BCUT2D eigenvalue weighted by molar-refractivity contribution is 5.94. The topological polar surface area (TPSA) is 50.2 Å². The van der Waals surface area contributed by atoms with Crippen LogP contribution in [0.4, 0.5) is 0 Å². The molecule has 2 heterocycles. The maximum absolute atomic E-state index is 12.5. The van der Waals surface area contributed by atoms with E-state index in [0.717, 1.165) is 43.7 Å². The largest absolute Gasteiger partial charge is 0.339 e. The van der Waals surface area contributed by atoms with Gasteiger partial charge < -0.3 is 10.2 Å². The number of hydrogen-bond donors (Lipinski definition) is 1. The fourth-order valence-corrected chi connectivity index (χ4v) is 3.54. The highest BCUT2D eigenvalue weighted by atomic mass is 16.2. The SMILES string of the molecule is O=C(c1ccccc1)N1CCC(NCc2cccc(-n3cccn3)c2)CC1. The summed E-state index contributed by atoms with van der Waals surface area (Å²) in [5.41, 5.74) is 3.09. The average molecular weight is 360 g/mol. The lowest BCUT2D eigenvalue weighted by Gasteiger charge is -2.32. The third kappa shape index (κ3) is 4.26. The van der Waals surface area contributed by atoms with E-state index in [4.69, 9.17) is 0 Å². The molecular formula is C22H24N4O. The quantitative estimate of drug-likeness (QED) is 0.760. The van der Waals surface area contributed by atoms with E-state index in [1.54, 1.807) is 6.20 Å². The summed E-state index contributed by atoms with van der Waals surface area (Å²) in [6, 6.07) is 20.3. The molecule has 0 unspecified atom stereocenters. The van der Waals surface area contributed by atoms with E-state index >= 15 is 0 Å². The van der Waals surface area contributed by atoms with Crippen molar-refractivity contribution in [3.05, 3.63) is 84.2 Å². The molecule has 1 N–H and O–H groups in total. The monoisotopic (exact) mass is 360 g/mol. The number of hydrogen-bond acceptors (Lipinski definition) is 3. The Balaban J connectivity index is 1.29. The zero-order valence-electron chi connectivity index (χ0n) is 15.3. The molecule has 4 rings (SSSR count). The number of likely N-dealkylation sites (tertiary alicyclic amines) is 1. The standard InChI is InChI=1S/C22H24N4O/c27-22(19-7-2-1-3-8-19)25-14-10-20(11-15-25)23-17-18-6-4-9-21(16-18)26-13-5-12-24-26/h1-9,12-13,16,20,23H,10-11,14-15,17H2. The minimum Gasteiger partial charge on any atom is -0.339 e. The number of nitrogens with one attached hydrogen (secondary N) is 1. The van der Waals surface area contributed by atoms with Gasteiger partial charge in [-0.2, -0.15) is 5.10 Å². The Bertz CT molecular complexity index is 868. The van der Waals surface area contributed by atoms with Gasteiger partial charge in [-0.3, -0.25) is 4.79 Å². The molecule has 27 heavy (non-hydrogen) atoms. The molecule has 0 atom stereocenters. The fourth-order valence-electron chi connectivity index (χ4n) is 3.54. The predicted molar refractivity (Wildman–Crippen MR) is 106 cm³/mol. The number of nitrogens with zero attached hydrogens (tertiary/aromatic N) is 3. The molecule has 1 saturated heterocycles. The number of carbonyl (C=O) groups is 1. The lowest BCUT2D eigenvalue weighted by molar-refractivity contribution is 0.0704. The Morgan fingerprint density at radius 3 is 2.59 bits per heavy atom. The van der Waals surface area contributed by atoms with Gasteiger partial charge in [0.05, 0.1) is 5.69 Å². The molecular weight excluding hydrogens is 336 g/mol. The van der Waals surface area contributed by atoms with Crippen molar-refractivity contribution in [1.29, 1.82) is 0 Å². The Kier molecular flexibility index (Phi) is 5.30. The second kappa shape index (κ2) is 8.18. The van der Waals surface area contributed by atoms with Crippen LogP contribution in [-0.4, -0.2) is 39.7 Å². The number of aromatic nitrogens is 2. The van der Waals surface area contributed by atoms with Crippen molar-refractivity contribution >= 4 is 5.91 Å². The predicted octanol–water partition coefficient (Wildman–Crippen LogP) is 3.27. The molecule has 5 nitrogen and oxygen atoms in total. The van der Waals surface area contributed by atoms with E-state index in [9.17, 15) is 4.79 Å². The molecule has 2 aromatic carbocycles. The molecule has 0 bridgehead atoms. The van der Waals surface area contributed by atoms with Gasteiger partial charge in [-0.1, -0.05) is 30.3 Å². The Morgan fingerprint density at radius 1 is 1.04 bits per heavy atom. The van der Waals surface area contributed by atoms with Crippen LogP contribution in [0.3, 0.4) is 0 Å². The Hall–Kier alpha value is -2.92. The van der Waals surface area contributed by atoms with Crippen molar-refractivity contribution in [3.8, 4) is 5.69 Å². The number of amides is 1. The lowest BCUT2D eigenvalue weighted by atomic mass is 10.0. The number of carbonyl (C=O) groups excluding carboxylic acids is 1. The molecule has 1 fully saturated rings. The van der Waals surface area contributed by atoms with Crippen molar-refractivity contribution in [2.75, 3.05) is 13.1 Å². The zero-order valence-corrected chi connectivity index (χ0v) is 15.3. The van der Waals surface area contributed by atoms with Gasteiger partial charge in [-0.25, -0.2) is 4.68 Å².